The predicted molar refractivity (Wildman–Crippen MR) is 127 cm³/mol. The van der Waals surface area contributed by atoms with Gasteiger partial charge in [0.25, 0.3) is 0 Å². The molecule has 1 aromatic carbocycles. The molecule has 7 heteroatoms. The van der Waals surface area contributed by atoms with Crippen LogP contribution in [0.3, 0.4) is 0 Å². The van der Waals surface area contributed by atoms with E-state index in [-0.39, 0.29) is 30.0 Å². The summed E-state index contributed by atoms with van der Waals surface area (Å²) in [5.74, 6) is 1.76. The van der Waals surface area contributed by atoms with Crippen molar-refractivity contribution in [3.8, 4) is 5.75 Å². The second-order valence-electron chi connectivity index (χ2n) is 6.84. The standard InChI is InChI=1S/C21H33N5O.HI/c1-7-22-21(23-13-12-18-10-8-9-11-20(18)27-6)24-15(2)14-19-16(3)25-26(5)17(19)4;/h8-11,15H,7,12-14H2,1-6H3,(H2,22,23,24);1H. The van der Waals surface area contributed by atoms with Crippen LogP contribution in [0.15, 0.2) is 29.3 Å². The minimum Gasteiger partial charge on any atom is -0.496 e. The van der Waals surface area contributed by atoms with E-state index in [0.717, 1.165) is 36.8 Å². The second kappa shape index (κ2) is 11.9. The largest absolute Gasteiger partial charge is 0.496 e. The first-order valence-electron chi connectivity index (χ1n) is 9.62. The van der Waals surface area contributed by atoms with Gasteiger partial charge in [0.2, 0.25) is 0 Å². The molecule has 0 bridgehead atoms. The minimum absolute atomic E-state index is 0. The van der Waals surface area contributed by atoms with Crippen LogP contribution in [0.2, 0.25) is 0 Å². The van der Waals surface area contributed by atoms with E-state index in [1.165, 1.54) is 16.8 Å². The Morgan fingerprint density at radius 3 is 2.61 bits per heavy atom. The van der Waals surface area contributed by atoms with Gasteiger partial charge in [-0.3, -0.25) is 9.67 Å². The lowest BCUT2D eigenvalue weighted by atomic mass is 10.1. The van der Waals surface area contributed by atoms with E-state index in [1.807, 2.05) is 29.9 Å². The molecule has 0 spiro atoms. The lowest BCUT2D eigenvalue weighted by Crippen LogP contribution is -2.43. The SMILES string of the molecule is CCNC(=NCCc1ccccc1OC)NC(C)Cc1c(C)nn(C)c1C.I. The van der Waals surface area contributed by atoms with E-state index < -0.39 is 0 Å². The Labute approximate surface area is 186 Å². The van der Waals surface area contributed by atoms with Gasteiger partial charge in [-0.05, 0) is 57.7 Å². The van der Waals surface area contributed by atoms with Gasteiger partial charge < -0.3 is 15.4 Å². The maximum Gasteiger partial charge on any atom is 0.191 e. The Kier molecular flexibility index (Phi) is 10.3. The summed E-state index contributed by atoms with van der Waals surface area (Å²) in [5.41, 5.74) is 4.80. The zero-order chi connectivity index (χ0) is 19.8. The third-order valence-corrected chi connectivity index (χ3v) is 4.74. The van der Waals surface area contributed by atoms with Gasteiger partial charge in [0.05, 0.1) is 12.8 Å². The molecule has 2 rings (SSSR count). The molecular weight excluding hydrogens is 465 g/mol. The third kappa shape index (κ3) is 6.68. The number of rotatable bonds is 8. The molecule has 28 heavy (non-hydrogen) atoms. The summed E-state index contributed by atoms with van der Waals surface area (Å²) in [6.45, 7) is 9.98. The van der Waals surface area contributed by atoms with Gasteiger partial charge in [0.15, 0.2) is 5.96 Å². The molecule has 0 aliphatic rings. The highest BCUT2D eigenvalue weighted by atomic mass is 127. The summed E-state index contributed by atoms with van der Waals surface area (Å²) >= 11 is 0. The van der Waals surface area contributed by atoms with Crippen molar-refractivity contribution in [1.82, 2.24) is 20.4 Å². The van der Waals surface area contributed by atoms with Gasteiger partial charge in [-0.15, -0.1) is 24.0 Å². The molecule has 0 amide bonds. The summed E-state index contributed by atoms with van der Waals surface area (Å²) in [7, 11) is 3.70. The zero-order valence-corrected chi connectivity index (χ0v) is 20.2. The fourth-order valence-corrected chi connectivity index (χ4v) is 3.22. The van der Waals surface area contributed by atoms with Gasteiger partial charge in [-0.2, -0.15) is 5.10 Å². The molecule has 1 heterocycles. The van der Waals surface area contributed by atoms with Gasteiger partial charge in [0.1, 0.15) is 5.75 Å². The first-order chi connectivity index (χ1) is 13.0. The number of methoxy groups -OCH3 is 1. The predicted octanol–water partition coefficient (Wildman–Crippen LogP) is 3.39. The summed E-state index contributed by atoms with van der Waals surface area (Å²) in [4.78, 5) is 4.73. The number of halogens is 1. The molecule has 0 aliphatic carbocycles. The van der Waals surface area contributed by atoms with Crippen LogP contribution in [0.25, 0.3) is 0 Å². The van der Waals surface area contributed by atoms with E-state index in [2.05, 4.69) is 49.5 Å². The molecule has 0 saturated heterocycles. The highest BCUT2D eigenvalue weighted by molar-refractivity contribution is 14.0. The van der Waals surface area contributed by atoms with Crippen molar-refractivity contribution in [2.45, 2.75) is 46.6 Å². The molecule has 0 saturated carbocycles. The van der Waals surface area contributed by atoms with Crippen LogP contribution in [-0.4, -0.2) is 42.0 Å². The fraction of sp³-hybridized carbons (Fsp3) is 0.524. The first-order valence-corrected chi connectivity index (χ1v) is 9.62. The van der Waals surface area contributed by atoms with Gasteiger partial charge in [-0.25, -0.2) is 0 Å². The third-order valence-electron chi connectivity index (χ3n) is 4.74. The Morgan fingerprint density at radius 2 is 2.00 bits per heavy atom. The number of benzene rings is 1. The Morgan fingerprint density at radius 1 is 1.29 bits per heavy atom. The average Bonchev–Trinajstić information content (AvgIpc) is 2.88. The fourth-order valence-electron chi connectivity index (χ4n) is 3.22. The van der Waals surface area contributed by atoms with E-state index in [4.69, 9.17) is 9.73 Å². The summed E-state index contributed by atoms with van der Waals surface area (Å²) in [6, 6.07) is 8.36. The van der Waals surface area contributed by atoms with Crippen molar-refractivity contribution in [1.29, 1.82) is 0 Å². The smallest absolute Gasteiger partial charge is 0.191 e. The number of aliphatic imine (C=N–C) groups is 1. The van der Waals surface area contributed by atoms with Crippen molar-refractivity contribution in [2.75, 3.05) is 20.2 Å². The van der Waals surface area contributed by atoms with Gasteiger partial charge in [-0.1, -0.05) is 18.2 Å². The first kappa shape index (κ1) is 24.3. The van der Waals surface area contributed by atoms with Crippen molar-refractivity contribution >= 4 is 29.9 Å². The van der Waals surface area contributed by atoms with E-state index in [9.17, 15) is 0 Å². The van der Waals surface area contributed by atoms with Crippen LogP contribution in [0, 0.1) is 13.8 Å². The summed E-state index contributed by atoms with van der Waals surface area (Å²) in [6.07, 6.45) is 1.76. The van der Waals surface area contributed by atoms with Gasteiger partial charge in [0, 0.05) is 31.9 Å². The number of hydrogen-bond acceptors (Lipinski definition) is 3. The summed E-state index contributed by atoms with van der Waals surface area (Å²) in [5, 5.41) is 11.4. The van der Waals surface area contributed by atoms with Crippen LogP contribution < -0.4 is 15.4 Å². The molecule has 2 aromatic rings. The average molecular weight is 499 g/mol. The highest BCUT2D eigenvalue weighted by Gasteiger charge is 2.14. The number of hydrogen-bond donors (Lipinski definition) is 2. The van der Waals surface area contributed by atoms with Crippen molar-refractivity contribution < 1.29 is 4.74 Å². The van der Waals surface area contributed by atoms with E-state index >= 15 is 0 Å². The number of para-hydroxylation sites is 1. The number of guanidine groups is 1. The molecule has 0 radical (unpaired) electrons. The molecule has 0 aliphatic heterocycles. The van der Waals surface area contributed by atoms with Crippen molar-refractivity contribution in [3.05, 3.63) is 46.8 Å². The van der Waals surface area contributed by atoms with Gasteiger partial charge >= 0.3 is 0 Å². The molecule has 1 unspecified atom stereocenters. The lowest BCUT2D eigenvalue weighted by molar-refractivity contribution is 0.410. The van der Waals surface area contributed by atoms with Crippen LogP contribution in [0.4, 0.5) is 0 Å². The van der Waals surface area contributed by atoms with Crippen LogP contribution >= 0.6 is 24.0 Å². The zero-order valence-electron chi connectivity index (χ0n) is 17.9. The number of nitrogens with one attached hydrogen (secondary N) is 2. The molecular formula is C21H34IN5O. The Hall–Kier alpha value is -1.77. The quantitative estimate of drug-likeness (QED) is 0.332. The van der Waals surface area contributed by atoms with Crippen LogP contribution in [0.1, 0.15) is 36.4 Å². The maximum atomic E-state index is 5.42. The molecule has 1 atom stereocenters. The highest BCUT2D eigenvalue weighted by Crippen LogP contribution is 2.17. The normalized spacial score (nSPS) is 12.3. The maximum absolute atomic E-state index is 5.42. The molecule has 156 valence electrons. The molecule has 2 N–H and O–H groups in total. The van der Waals surface area contributed by atoms with E-state index in [0.29, 0.717) is 6.54 Å². The monoisotopic (exact) mass is 499 g/mol. The number of ether oxygens (including phenoxy) is 1. The Bertz CT molecular complexity index is 772. The molecule has 6 nitrogen and oxygen atoms in total. The molecule has 1 aromatic heterocycles. The van der Waals surface area contributed by atoms with Crippen LogP contribution in [-0.2, 0) is 19.9 Å². The topological polar surface area (TPSA) is 63.5 Å². The number of nitrogens with zero attached hydrogens (tertiary/aromatic N) is 3. The number of aryl methyl sites for hydroxylation is 2. The van der Waals surface area contributed by atoms with Crippen molar-refractivity contribution in [2.24, 2.45) is 12.0 Å². The van der Waals surface area contributed by atoms with Crippen LogP contribution in [0.5, 0.6) is 5.75 Å². The summed E-state index contributed by atoms with van der Waals surface area (Å²) < 4.78 is 7.37. The van der Waals surface area contributed by atoms with Crippen molar-refractivity contribution in [3.63, 3.8) is 0 Å². The lowest BCUT2D eigenvalue weighted by Gasteiger charge is -2.18. The number of aromatic nitrogens is 2. The second-order valence-corrected chi connectivity index (χ2v) is 6.84. The van der Waals surface area contributed by atoms with E-state index in [1.54, 1.807) is 7.11 Å². The minimum atomic E-state index is 0. The Balaban J connectivity index is 0.00000392. The molecule has 0 fully saturated rings.